The van der Waals surface area contributed by atoms with Gasteiger partial charge in [-0.15, -0.1) is 0 Å². The molecule has 0 saturated carbocycles. The Bertz CT molecular complexity index is 498. The number of ether oxygens (including phenoxy) is 1. The zero-order valence-electron chi connectivity index (χ0n) is 12.9. The van der Waals surface area contributed by atoms with E-state index in [0.717, 1.165) is 25.3 Å². The molecule has 0 amide bonds. The summed E-state index contributed by atoms with van der Waals surface area (Å²) in [6.45, 7) is 9.67. The number of nitrogens with zero attached hydrogens (tertiary/aromatic N) is 2. The maximum atomic E-state index is 12.1. The lowest BCUT2D eigenvalue weighted by atomic mass is 9.89. The number of hydrogen-bond acceptors (Lipinski definition) is 4. The third-order valence-electron chi connectivity index (χ3n) is 3.17. The molecule has 1 heterocycles. The standard InChI is InChI=1S/C14H24BrN3O2/c1-10(2)18-13(19)12(15)11(8-17-18)16-9-14(3,4)6-7-20-5/h8,10,16H,6-7,9H2,1-5H3. The molecular formula is C14H24BrN3O2. The van der Waals surface area contributed by atoms with Crippen molar-refractivity contribution in [1.29, 1.82) is 0 Å². The fourth-order valence-electron chi connectivity index (χ4n) is 1.74. The van der Waals surface area contributed by atoms with Crippen molar-refractivity contribution >= 4 is 21.6 Å². The van der Waals surface area contributed by atoms with Crippen molar-refractivity contribution in [3.8, 4) is 0 Å². The van der Waals surface area contributed by atoms with Crippen LogP contribution in [0.15, 0.2) is 15.5 Å². The number of hydrogen-bond donors (Lipinski definition) is 1. The van der Waals surface area contributed by atoms with Gasteiger partial charge < -0.3 is 10.1 Å². The molecule has 1 N–H and O–H groups in total. The summed E-state index contributed by atoms with van der Waals surface area (Å²) in [5, 5.41) is 7.48. The van der Waals surface area contributed by atoms with E-state index in [9.17, 15) is 4.79 Å². The van der Waals surface area contributed by atoms with Gasteiger partial charge in [0.15, 0.2) is 0 Å². The Hall–Kier alpha value is -0.880. The van der Waals surface area contributed by atoms with Gasteiger partial charge in [0.2, 0.25) is 0 Å². The Labute approximate surface area is 128 Å². The lowest BCUT2D eigenvalue weighted by molar-refractivity contribution is 0.157. The summed E-state index contributed by atoms with van der Waals surface area (Å²) in [5.74, 6) is 0. The van der Waals surface area contributed by atoms with E-state index in [1.807, 2.05) is 13.8 Å². The van der Waals surface area contributed by atoms with Gasteiger partial charge in [0, 0.05) is 20.3 Å². The van der Waals surface area contributed by atoms with E-state index in [2.05, 4.69) is 40.2 Å². The highest BCUT2D eigenvalue weighted by atomic mass is 79.9. The first-order chi connectivity index (χ1) is 9.28. The van der Waals surface area contributed by atoms with Crippen LogP contribution in [-0.2, 0) is 4.74 Å². The van der Waals surface area contributed by atoms with Gasteiger partial charge in [-0.25, -0.2) is 4.68 Å². The molecule has 0 spiro atoms. The maximum absolute atomic E-state index is 12.1. The maximum Gasteiger partial charge on any atom is 0.283 e. The molecule has 6 heteroatoms. The van der Waals surface area contributed by atoms with Gasteiger partial charge in [-0.05, 0) is 41.6 Å². The quantitative estimate of drug-likeness (QED) is 0.824. The minimum Gasteiger partial charge on any atom is -0.385 e. The van der Waals surface area contributed by atoms with Crippen LogP contribution in [0.5, 0.6) is 0 Å². The second kappa shape index (κ2) is 7.22. The smallest absolute Gasteiger partial charge is 0.283 e. The first kappa shape index (κ1) is 17.2. The number of rotatable bonds is 7. The normalized spacial score (nSPS) is 11.9. The van der Waals surface area contributed by atoms with E-state index in [4.69, 9.17) is 4.74 Å². The van der Waals surface area contributed by atoms with Crippen LogP contribution in [0, 0.1) is 5.41 Å². The summed E-state index contributed by atoms with van der Waals surface area (Å²) < 4.78 is 7.11. The summed E-state index contributed by atoms with van der Waals surface area (Å²) in [6.07, 6.45) is 2.64. The van der Waals surface area contributed by atoms with E-state index < -0.39 is 0 Å². The van der Waals surface area contributed by atoms with Crippen LogP contribution in [-0.4, -0.2) is 30.0 Å². The van der Waals surface area contributed by atoms with Crippen molar-refractivity contribution < 1.29 is 4.74 Å². The van der Waals surface area contributed by atoms with Crippen LogP contribution in [0.1, 0.15) is 40.2 Å². The van der Waals surface area contributed by atoms with Crippen LogP contribution in [0.2, 0.25) is 0 Å². The van der Waals surface area contributed by atoms with Gasteiger partial charge >= 0.3 is 0 Å². The molecule has 0 aliphatic rings. The second-order valence-electron chi connectivity index (χ2n) is 5.98. The van der Waals surface area contributed by atoms with E-state index in [-0.39, 0.29) is 17.0 Å². The van der Waals surface area contributed by atoms with E-state index in [1.165, 1.54) is 4.68 Å². The van der Waals surface area contributed by atoms with E-state index in [1.54, 1.807) is 13.3 Å². The molecule has 1 aromatic heterocycles. The topological polar surface area (TPSA) is 56.1 Å². The molecule has 5 nitrogen and oxygen atoms in total. The average Bonchev–Trinajstić information content (AvgIpc) is 2.38. The Morgan fingerprint density at radius 2 is 2.15 bits per heavy atom. The molecule has 0 unspecified atom stereocenters. The lowest BCUT2D eigenvalue weighted by Gasteiger charge is -2.25. The molecule has 0 saturated heterocycles. The van der Waals surface area contributed by atoms with Crippen LogP contribution in [0.25, 0.3) is 0 Å². The molecule has 114 valence electrons. The third kappa shape index (κ3) is 4.59. The van der Waals surface area contributed by atoms with Crippen molar-refractivity contribution in [1.82, 2.24) is 9.78 Å². The lowest BCUT2D eigenvalue weighted by Crippen LogP contribution is -2.28. The Balaban J connectivity index is 2.80. The Morgan fingerprint density at radius 3 is 2.70 bits per heavy atom. The summed E-state index contributed by atoms with van der Waals surface area (Å²) >= 11 is 3.36. The highest BCUT2D eigenvalue weighted by molar-refractivity contribution is 9.10. The second-order valence-corrected chi connectivity index (χ2v) is 6.77. The molecule has 0 aliphatic heterocycles. The third-order valence-corrected chi connectivity index (χ3v) is 3.94. The summed E-state index contributed by atoms with van der Waals surface area (Å²) in [6, 6.07) is 0.0472. The van der Waals surface area contributed by atoms with Crippen molar-refractivity contribution in [2.24, 2.45) is 5.41 Å². The molecule has 20 heavy (non-hydrogen) atoms. The number of halogens is 1. The minimum atomic E-state index is -0.111. The zero-order chi connectivity index (χ0) is 15.3. The van der Waals surface area contributed by atoms with Gasteiger partial charge in [0.05, 0.1) is 17.9 Å². The van der Waals surface area contributed by atoms with Gasteiger partial charge in [0.25, 0.3) is 5.56 Å². The molecule has 0 bridgehead atoms. The van der Waals surface area contributed by atoms with Crippen molar-refractivity contribution in [3.63, 3.8) is 0 Å². The molecule has 0 radical (unpaired) electrons. The summed E-state index contributed by atoms with van der Waals surface area (Å²) in [4.78, 5) is 12.1. The van der Waals surface area contributed by atoms with Crippen LogP contribution >= 0.6 is 15.9 Å². The highest BCUT2D eigenvalue weighted by Crippen LogP contribution is 2.23. The molecule has 0 aromatic carbocycles. The van der Waals surface area contributed by atoms with Gasteiger partial charge in [0.1, 0.15) is 4.47 Å². The molecular weight excluding hydrogens is 322 g/mol. The number of nitrogens with one attached hydrogen (secondary N) is 1. The summed E-state index contributed by atoms with van der Waals surface area (Å²) in [5.41, 5.74) is 0.708. The first-order valence-electron chi connectivity index (χ1n) is 6.78. The van der Waals surface area contributed by atoms with Crippen molar-refractivity contribution in [3.05, 3.63) is 21.0 Å². The van der Waals surface area contributed by atoms with Gasteiger partial charge in [-0.2, -0.15) is 5.10 Å². The van der Waals surface area contributed by atoms with Crippen molar-refractivity contribution in [2.45, 2.75) is 40.2 Å². The van der Waals surface area contributed by atoms with Gasteiger partial charge in [-0.1, -0.05) is 13.8 Å². The Kier molecular flexibility index (Phi) is 6.20. The molecule has 0 atom stereocenters. The Morgan fingerprint density at radius 1 is 1.50 bits per heavy atom. The minimum absolute atomic E-state index is 0.0472. The highest BCUT2D eigenvalue weighted by Gasteiger charge is 2.19. The van der Waals surface area contributed by atoms with Crippen LogP contribution < -0.4 is 10.9 Å². The van der Waals surface area contributed by atoms with Gasteiger partial charge in [-0.3, -0.25) is 4.79 Å². The SMILES string of the molecule is COCCC(C)(C)CNc1cnn(C(C)C)c(=O)c1Br. The average molecular weight is 346 g/mol. The largest absolute Gasteiger partial charge is 0.385 e. The number of anilines is 1. The fourth-order valence-corrected chi connectivity index (χ4v) is 2.16. The molecule has 1 rings (SSSR count). The first-order valence-corrected chi connectivity index (χ1v) is 7.58. The molecule has 0 fully saturated rings. The van der Waals surface area contributed by atoms with E-state index >= 15 is 0 Å². The number of aromatic nitrogens is 2. The van der Waals surface area contributed by atoms with Crippen molar-refractivity contribution in [2.75, 3.05) is 25.6 Å². The predicted octanol–water partition coefficient (Wildman–Crippen LogP) is 3.06. The van der Waals surface area contributed by atoms with Crippen LogP contribution in [0.3, 0.4) is 0 Å². The predicted molar refractivity (Wildman–Crippen MR) is 85.3 cm³/mol. The molecule has 0 aliphatic carbocycles. The number of methoxy groups -OCH3 is 1. The van der Waals surface area contributed by atoms with Crippen LogP contribution in [0.4, 0.5) is 5.69 Å². The fraction of sp³-hybridized carbons (Fsp3) is 0.714. The zero-order valence-corrected chi connectivity index (χ0v) is 14.5. The summed E-state index contributed by atoms with van der Waals surface area (Å²) in [7, 11) is 1.70. The monoisotopic (exact) mass is 345 g/mol. The van der Waals surface area contributed by atoms with E-state index in [0.29, 0.717) is 4.47 Å². The molecule has 1 aromatic rings.